The Morgan fingerprint density at radius 2 is 2.36 bits per heavy atom. The highest BCUT2D eigenvalue weighted by Crippen LogP contribution is 2.05. The molecular weight excluding hydrogens is 206 g/mol. The monoisotopic (exact) mass is 215 g/mol. The molecule has 14 heavy (non-hydrogen) atoms. The van der Waals surface area contributed by atoms with E-state index in [1.165, 1.54) is 0 Å². The van der Waals surface area contributed by atoms with E-state index in [0.717, 1.165) is 0 Å². The van der Waals surface area contributed by atoms with Gasteiger partial charge in [0.15, 0.2) is 16.9 Å². The summed E-state index contributed by atoms with van der Waals surface area (Å²) in [6.45, 7) is 0.203. The van der Waals surface area contributed by atoms with Crippen LogP contribution >= 0.6 is 11.6 Å². The highest BCUT2D eigenvalue weighted by atomic mass is 35.5. The minimum atomic E-state index is -0.0469. The summed E-state index contributed by atoms with van der Waals surface area (Å²) in [6.07, 6.45) is 0. The van der Waals surface area contributed by atoms with Crippen LogP contribution in [-0.2, 0) is 0 Å². The molecular formula is C7H10ClN5O. The molecule has 0 radical (unpaired) electrons. The Morgan fingerprint density at radius 3 is 2.93 bits per heavy atom. The second-order valence-electron chi connectivity index (χ2n) is 2.36. The lowest BCUT2D eigenvalue weighted by Crippen LogP contribution is -2.23. The minimum Gasteiger partial charge on any atom is -0.394 e. The molecule has 76 valence electrons. The highest BCUT2D eigenvalue weighted by molar-refractivity contribution is 6.29. The molecule has 1 rings (SSSR count). The molecule has 0 fully saturated rings. The normalized spacial score (nSPS) is 11.4. The first kappa shape index (κ1) is 10.7. The van der Waals surface area contributed by atoms with E-state index >= 15 is 0 Å². The molecule has 4 N–H and O–H groups in total. The molecule has 1 aromatic rings. The first-order valence-electron chi connectivity index (χ1n) is 3.89. The number of nitrogens with one attached hydrogen (secondary N) is 1. The van der Waals surface area contributed by atoms with Gasteiger partial charge in [0.2, 0.25) is 0 Å². The number of nitrogens with two attached hydrogens (primary N) is 1. The smallest absolute Gasteiger partial charge is 0.194 e. The molecule has 1 aromatic heterocycles. The molecule has 0 saturated carbocycles. The molecule has 0 aliphatic heterocycles. The van der Waals surface area contributed by atoms with E-state index in [1.54, 1.807) is 12.1 Å². The van der Waals surface area contributed by atoms with Crippen molar-refractivity contribution in [1.82, 2.24) is 10.2 Å². The van der Waals surface area contributed by atoms with Crippen molar-refractivity contribution in [3.8, 4) is 0 Å². The van der Waals surface area contributed by atoms with Crippen LogP contribution in [0.1, 0.15) is 0 Å². The highest BCUT2D eigenvalue weighted by Gasteiger charge is 1.96. The number of guanidine groups is 1. The van der Waals surface area contributed by atoms with Gasteiger partial charge < -0.3 is 16.2 Å². The average molecular weight is 216 g/mol. The number of aliphatic hydroxyl groups is 1. The third kappa shape index (κ3) is 3.55. The molecule has 7 heteroatoms. The molecule has 0 aliphatic carbocycles. The molecule has 0 amide bonds. The van der Waals surface area contributed by atoms with Crippen molar-refractivity contribution in [2.45, 2.75) is 0 Å². The van der Waals surface area contributed by atoms with Crippen LogP contribution in [0.4, 0.5) is 5.82 Å². The largest absolute Gasteiger partial charge is 0.394 e. The average Bonchev–Trinajstić information content (AvgIpc) is 2.18. The van der Waals surface area contributed by atoms with E-state index in [9.17, 15) is 0 Å². The van der Waals surface area contributed by atoms with E-state index in [4.69, 9.17) is 22.4 Å². The Bertz CT molecular complexity index is 312. The molecule has 6 nitrogen and oxygen atoms in total. The van der Waals surface area contributed by atoms with Crippen molar-refractivity contribution in [3.05, 3.63) is 17.3 Å². The van der Waals surface area contributed by atoms with E-state index in [1.807, 2.05) is 0 Å². The van der Waals surface area contributed by atoms with Gasteiger partial charge in [-0.1, -0.05) is 11.6 Å². The van der Waals surface area contributed by atoms with E-state index < -0.39 is 0 Å². The van der Waals surface area contributed by atoms with Crippen molar-refractivity contribution >= 4 is 23.4 Å². The Balaban J connectivity index is 2.56. The van der Waals surface area contributed by atoms with E-state index in [2.05, 4.69) is 20.5 Å². The quantitative estimate of drug-likeness (QED) is 0.481. The topological polar surface area (TPSA) is 96.4 Å². The molecule has 0 aliphatic rings. The summed E-state index contributed by atoms with van der Waals surface area (Å²) in [5.41, 5.74) is 5.46. The summed E-state index contributed by atoms with van der Waals surface area (Å²) >= 11 is 5.54. The lowest BCUT2D eigenvalue weighted by molar-refractivity contribution is 0.307. The van der Waals surface area contributed by atoms with Gasteiger partial charge in [-0.05, 0) is 12.1 Å². The third-order valence-electron chi connectivity index (χ3n) is 1.27. The Hall–Kier alpha value is -1.40. The number of aliphatic imine (C=N–C) groups is 1. The molecule has 0 saturated heterocycles. The van der Waals surface area contributed by atoms with Gasteiger partial charge in [0, 0.05) is 0 Å². The predicted octanol–water partition coefficient (Wildman–Crippen LogP) is -0.151. The number of hydrogen-bond acceptors (Lipinski definition) is 4. The van der Waals surface area contributed by atoms with Crippen LogP contribution in [0.15, 0.2) is 17.1 Å². The molecule has 0 spiro atoms. The summed E-state index contributed by atoms with van der Waals surface area (Å²) in [6, 6.07) is 3.20. The number of aromatic nitrogens is 2. The number of halogens is 1. The maximum absolute atomic E-state index is 8.48. The van der Waals surface area contributed by atoms with Crippen LogP contribution in [0, 0.1) is 0 Å². The second kappa shape index (κ2) is 5.36. The van der Waals surface area contributed by atoms with Gasteiger partial charge in [-0.25, -0.2) is 0 Å². The van der Waals surface area contributed by atoms with Gasteiger partial charge in [0.1, 0.15) is 0 Å². The number of anilines is 1. The zero-order valence-electron chi connectivity index (χ0n) is 7.31. The summed E-state index contributed by atoms with van der Waals surface area (Å²) in [5.74, 6) is 0.629. The fourth-order valence-corrected chi connectivity index (χ4v) is 0.825. The van der Waals surface area contributed by atoms with Crippen LogP contribution in [0.3, 0.4) is 0 Å². The molecule has 0 aromatic carbocycles. The number of nitrogens with zero attached hydrogens (tertiary/aromatic N) is 3. The van der Waals surface area contributed by atoms with Crippen LogP contribution in [0.25, 0.3) is 0 Å². The summed E-state index contributed by atoms with van der Waals surface area (Å²) < 4.78 is 0. The first-order valence-corrected chi connectivity index (χ1v) is 4.27. The van der Waals surface area contributed by atoms with Gasteiger partial charge >= 0.3 is 0 Å². The maximum Gasteiger partial charge on any atom is 0.194 e. The van der Waals surface area contributed by atoms with Crippen molar-refractivity contribution in [1.29, 1.82) is 0 Å². The van der Waals surface area contributed by atoms with Crippen molar-refractivity contribution < 1.29 is 5.11 Å². The first-order chi connectivity index (χ1) is 6.72. The lowest BCUT2D eigenvalue weighted by Gasteiger charge is -2.02. The number of aliphatic hydroxyl groups excluding tert-OH is 1. The van der Waals surface area contributed by atoms with Crippen molar-refractivity contribution in [2.75, 3.05) is 18.5 Å². The molecule has 0 bridgehead atoms. The summed E-state index contributed by atoms with van der Waals surface area (Å²) in [4.78, 5) is 3.79. The lowest BCUT2D eigenvalue weighted by atomic mass is 10.5. The fraction of sp³-hybridized carbons (Fsp3) is 0.286. The number of hydrogen-bond donors (Lipinski definition) is 3. The molecule has 0 unspecified atom stereocenters. The summed E-state index contributed by atoms with van der Waals surface area (Å²) in [5, 5.41) is 18.8. The summed E-state index contributed by atoms with van der Waals surface area (Å²) in [7, 11) is 0. The van der Waals surface area contributed by atoms with Crippen LogP contribution in [0.2, 0.25) is 5.15 Å². The zero-order chi connectivity index (χ0) is 10.4. The Kier molecular flexibility index (Phi) is 4.09. The van der Waals surface area contributed by atoms with Crippen molar-refractivity contribution in [3.63, 3.8) is 0 Å². The van der Waals surface area contributed by atoms with Crippen LogP contribution < -0.4 is 11.1 Å². The predicted molar refractivity (Wildman–Crippen MR) is 54.2 cm³/mol. The Labute approximate surface area is 85.8 Å². The van der Waals surface area contributed by atoms with E-state index in [0.29, 0.717) is 11.0 Å². The maximum atomic E-state index is 8.48. The second-order valence-corrected chi connectivity index (χ2v) is 2.74. The van der Waals surface area contributed by atoms with Gasteiger partial charge in [-0.2, -0.15) is 0 Å². The molecule has 1 heterocycles. The van der Waals surface area contributed by atoms with Gasteiger partial charge in [-0.15, -0.1) is 10.2 Å². The molecule has 0 atom stereocenters. The minimum absolute atomic E-state index is 0.0469. The van der Waals surface area contributed by atoms with Crippen LogP contribution in [0.5, 0.6) is 0 Å². The van der Waals surface area contributed by atoms with Crippen LogP contribution in [-0.4, -0.2) is 34.4 Å². The van der Waals surface area contributed by atoms with E-state index in [-0.39, 0.29) is 19.1 Å². The van der Waals surface area contributed by atoms with Gasteiger partial charge in [-0.3, -0.25) is 4.99 Å². The number of rotatable bonds is 3. The fourth-order valence-electron chi connectivity index (χ4n) is 0.724. The van der Waals surface area contributed by atoms with Gasteiger partial charge in [0.05, 0.1) is 13.2 Å². The third-order valence-corrected chi connectivity index (χ3v) is 1.47. The van der Waals surface area contributed by atoms with Gasteiger partial charge in [0.25, 0.3) is 0 Å². The zero-order valence-corrected chi connectivity index (χ0v) is 8.07. The van der Waals surface area contributed by atoms with Crippen molar-refractivity contribution in [2.24, 2.45) is 10.7 Å². The SMILES string of the molecule is NC(=NCCO)Nc1ccc(Cl)nn1. The standard InChI is InChI=1S/C7H10ClN5O/c8-5-1-2-6(13-12-5)11-7(9)10-3-4-14/h1-2,14H,3-4H2,(H3,9,10,11,13). The Morgan fingerprint density at radius 1 is 1.57 bits per heavy atom.